The standard InChI is InChI=1S/C14H15ClN4O2/c1-8(15)12-18-11-13(16-7-17-14(11)20-3)19(12)9(2)10-5-4-6-21-10/h4-9H,1-3H3. The molecule has 110 valence electrons. The Labute approximate surface area is 126 Å². The molecule has 6 nitrogen and oxygen atoms in total. The fourth-order valence-electron chi connectivity index (χ4n) is 2.37. The van der Waals surface area contributed by atoms with Crippen LogP contribution in [-0.2, 0) is 0 Å². The van der Waals surface area contributed by atoms with E-state index in [1.807, 2.05) is 30.5 Å². The minimum absolute atomic E-state index is 0.0826. The number of nitrogens with zero attached hydrogens (tertiary/aromatic N) is 4. The van der Waals surface area contributed by atoms with Crippen molar-refractivity contribution in [2.24, 2.45) is 0 Å². The molecule has 3 rings (SSSR count). The van der Waals surface area contributed by atoms with Crippen molar-refractivity contribution in [3.8, 4) is 5.88 Å². The molecule has 0 fully saturated rings. The molecule has 0 radical (unpaired) electrons. The van der Waals surface area contributed by atoms with Gasteiger partial charge in [-0.25, -0.2) is 9.97 Å². The molecule has 0 aliphatic rings. The van der Waals surface area contributed by atoms with Crippen molar-refractivity contribution in [1.29, 1.82) is 0 Å². The predicted octanol–water partition coefficient (Wildman–Crippen LogP) is 3.34. The van der Waals surface area contributed by atoms with Crippen LogP contribution in [0.4, 0.5) is 0 Å². The Bertz CT molecular complexity index is 752. The van der Waals surface area contributed by atoms with E-state index in [-0.39, 0.29) is 11.4 Å². The van der Waals surface area contributed by atoms with Crippen molar-refractivity contribution < 1.29 is 9.15 Å². The maximum Gasteiger partial charge on any atom is 0.245 e. The van der Waals surface area contributed by atoms with Crippen LogP contribution in [0.25, 0.3) is 11.2 Å². The van der Waals surface area contributed by atoms with Gasteiger partial charge in [-0.2, -0.15) is 4.98 Å². The lowest BCUT2D eigenvalue weighted by Crippen LogP contribution is -2.11. The van der Waals surface area contributed by atoms with Gasteiger partial charge in [0.05, 0.1) is 24.8 Å². The number of alkyl halides is 1. The van der Waals surface area contributed by atoms with Gasteiger partial charge in [0.1, 0.15) is 17.9 Å². The van der Waals surface area contributed by atoms with E-state index in [1.165, 1.54) is 6.33 Å². The summed E-state index contributed by atoms with van der Waals surface area (Å²) in [5, 5.41) is -0.277. The Morgan fingerprint density at radius 3 is 2.76 bits per heavy atom. The zero-order valence-electron chi connectivity index (χ0n) is 11.9. The number of furan rings is 1. The van der Waals surface area contributed by atoms with E-state index >= 15 is 0 Å². The summed E-state index contributed by atoms with van der Waals surface area (Å²) in [4.78, 5) is 13.0. The summed E-state index contributed by atoms with van der Waals surface area (Å²) in [7, 11) is 1.56. The van der Waals surface area contributed by atoms with Gasteiger partial charge in [0.15, 0.2) is 11.2 Å². The number of methoxy groups -OCH3 is 1. The Kier molecular flexibility index (Phi) is 3.55. The van der Waals surface area contributed by atoms with Crippen molar-refractivity contribution in [1.82, 2.24) is 19.5 Å². The normalized spacial score (nSPS) is 14.3. The second kappa shape index (κ2) is 5.37. The number of fused-ring (bicyclic) bond motifs is 1. The molecule has 0 saturated carbocycles. The highest BCUT2D eigenvalue weighted by atomic mass is 35.5. The monoisotopic (exact) mass is 306 g/mol. The van der Waals surface area contributed by atoms with Gasteiger partial charge in [0.2, 0.25) is 5.88 Å². The minimum atomic E-state index is -0.277. The van der Waals surface area contributed by atoms with Crippen molar-refractivity contribution in [3.63, 3.8) is 0 Å². The zero-order valence-corrected chi connectivity index (χ0v) is 12.7. The molecular formula is C14H15ClN4O2. The van der Waals surface area contributed by atoms with Gasteiger partial charge < -0.3 is 13.7 Å². The first-order chi connectivity index (χ1) is 10.1. The van der Waals surface area contributed by atoms with E-state index in [0.29, 0.717) is 22.9 Å². The molecule has 0 aromatic carbocycles. The number of rotatable bonds is 4. The molecule has 0 N–H and O–H groups in total. The number of halogens is 1. The highest BCUT2D eigenvalue weighted by Crippen LogP contribution is 2.32. The van der Waals surface area contributed by atoms with E-state index in [2.05, 4.69) is 15.0 Å². The smallest absolute Gasteiger partial charge is 0.245 e. The SMILES string of the molecule is COc1ncnc2c1nc(C(C)Cl)n2C(C)c1ccco1. The molecule has 2 unspecified atom stereocenters. The summed E-state index contributed by atoms with van der Waals surface area (Å²) in [6.45, 7) is 3.88. The van der Waals surface area contributed by atoms with Crippen molar-refractivity contribution >= 4 is 22.8 Å². The minimum Gasteiger partial charge on any atom is -0.479 e. The molecule has 3 heterocycles. The quantitative estimate of drug-likeness (QED) is 0.692. The van der Waals surface area contributed by atoms with Gasteiger partial charge in [-0.05, 0) is 26.0 Å². The van der Waals surface area contributed by atoms with E-state index in [1.54, 1.807) is 13.4 Å². The number of imidazole rings is 1. The van der Waals surface area contributed by atoms with E-state index in [0.717, 1.165) is 5.76 Å². The first-order valence-corrected chi connectivity index (χ1v) is 7.01. The highest BCUT2D eigenvalue weighted by molar-refractivity contribution is 6.20. The summed E-state index contributed by atoms with van der Waals surface area (Å²) in [6.07, 6.45) is 3.10. The van der Waals surface area contributed by atoms with Crippen LogP contribution in [0.5, 0.6) is 5.88 Å². The average Bonchev–Trinajstić information content (AvgIpc) is 3.13. The van der Waals surface area contributed by atoms with Crippen LogP contribution >= 0.6 is 11.6 Å². The fraction of sp³-hybridized carbons (Fsp3) is 0.357. The molecule has 0 spiro atoms. The van der Waals surface area contributed by atoms with Crippen LogP contribution in [-0.4, -0.2) is 26.6 Å². The maximum absolute atomic E-state index is 6.28. The lowest BCUT2D eigenvalue weighted by molar-refractivity contribution is 0.401. The number of ether oxygens (including phenoxy) is 1. The second-order valence-corrected chi connectivity index (χ2v) is 5.36. The lowest BCUT2D eigenvalue weighted by Gasteiger charge is -2.15. The van der Waals surface area contributed by atoms with Crippen LogP contribution in [0.15, 0.2) is 29.1 Å². The first kappa shape index (κ1) is 13.9. The second-order valence-electron chi connectivity index (χ2n) is 4.70. The topological polar surface area (TPSA) is 66.0 Å². The molecule has 2 atom stereocenters. The predicted molar refractivity (Wildman–Crippen MR) is 78.7 cm³/mol. The van der Waals surface area contributed by atoms with E-state index in [4.69, 9.17) is 20.8 Å². The lowest BCUT2D eigenvalue weighted by atomic mass is 10.2. The average molecular weight is 307 g/mol. The zero-order chi connectivity index (χ0) is 15.0. The first-order valence-electron chi connectivity index (χ1n) is 6.57. The highest BCUT2D eigenvalue weighted by Gasteiger charge is 2.24. The Morgan fingerprint density at radius 1 is 1.33 bits per heavy atom. The van der Waals surface area contributed by atoms with Crippen LogP contribution < -0.4 is 4.74 Å². The molecule has 3 aromatic heterocycles. The molecule has 0 aliphatic heterocycles. The molecule has 0 saturated heterocycles. The van der Waals surface area contributed by atoms with Crippen molar-refractivity contribution in [3.05, 3.63) is 36.3 Å². The third kappa shape index (κ3) is 2.25. The molecule has 3 aromatic rings. The van der Waals surface area contributed by atoms with E-state index < -0.39 is 0 Å². The molecule has 7 heteroatoms. The fourth-order valence-corrected chi connectivity index (χ4v) is 2.53. The summed E-state index contributed by atoms with van der Waals surface area (Å²) in [5.41, 5.74) is 1.27. The number of hydrogen-bond donors (Lipinski definition) is 0. The third-order valence-corrected chi connectivity index (χ3v) is 3.56. The van der Waals surface area contributed by atoms with Crippen LogP contribution in [0, 0.1) is 0 Å². The maximum atomic E-state index is 6.28. The van der Waals surface area contributed by atoms with Gasteiger partial charge in [-0.1, -0.05) is 0 Å². The van der Waals surface area contributed by atoms with Crippen LogP contribution in [0.3, 0.4) is 0 Å². The molecule has 0 bridgehead atoms. The Morgan fingerprint density at radius 2 is 2.14 bits per heavy atom. The Balaban J connectivity index is 2.26. The largest absolute Gasteiger partial charge is 0.479 e. The number of aromatic nitrogens is 4. The third-order valence-electron chi connectivity index (χ3n) is 3.36. The summed E-state index contributed by atoms with van der Waals surface area (Å²) in [5.74, 6) is 1.95. The van der Waals surface area contributed by atoms with E-state index in [9.17, 15) is 0 Å². The van der Waals surface area contributed by atoms with Gasteiger partial charge in [0.25, 0.3) is 0 Å². The Hall–Kier alpha value is -2.08. The van der Waals surface area contributed by atoms with Crippen molar-refractivity contribution in [2.45, 2.75) is 25.3 Å². The molecule has 21 heavy (non-hydrogen) atoms. The summed E-state index contributed by atoms with van der Waals surface area (Å²) < 4.78 is 12.7. The summed E-state index contributed by atoms with van der Waals surface area (Å²) in [6, 6.07) is 3.68. The molecule has 0 amide bonds. The van der Waals surface area contributed by atoms with Gasteiger partial charge in [0, 0.05) is 0 Å². The van der Waals surface area contributed by atoms with Crippen LogP contribution in [0.1, 0.15) is 36.9 Å². The van der Waals surface area contributed by atoms with Crippen LogP contribution in [0.2, 0.25) is 0 Å². The van der Waals surface area contributed by atoms with Gasteiger partial charge >= 0.3 is 0 Å². The van der Waals surface area contributed by atoms with Gasteiger partial charge in [-0.3, -0.25) is 0 Å². The van der Waals surface area contributed by atoms with Crippen molar-refractivity contribution in [2.75, 3.05) is 7.11 Å². The summed E-state index contributed by atoms with van der Waals surface area (Å²) >= 11 is 6.28. The molecule has 0 aliphatic carbocycles. The molecular weight excluding hydrogens is 292 g/mol. The number of hydrogen-bond acceptors (Lipinski definition) is 5. The van der Waals surface area contributed by atoms with Gasteiger partial charge in [-0.15, -0.1) is 11.6 Å².